The lowest BCUT2D eigenvalue weighted by atomic mass is 10.0. The van der Waals surface area contributed by atoms with Crippen molar-refractivity contribution in [3.8, 4) is 11.1 Å². The lowest BCUT2D eigenvalue weighted by Gasteiger charge is -2.40. The number of nitrogens with zero attached hydrogens (tertiary/aromatic N) is 2. The number of piperidine rings is 1. The summed E-state index contributed by atoms with van der Waals surface area (Å²) in [5, 5.41) is 14.3. The standard InChI is InChI=1S/C28H26ClN3O4.ClH/c29-18-5-8-25-17(13-18)16-36-28(35)32(25)20-9-11-31(12-10-20)15-26(33)30-19-6-7-22-21-3-1-2-4-23(21)27(34)24(22)14-19;/h1-8,13-14,20,27,34H,9-12,15-16H2,(H,30,33);1H. The number of hydrogen-bond acceptors (Lipinski definition) is 5. The maximum Gasteiger partial charge on any atom is 0.414 e. The van der Waals surface area contributed by atoms with Gasteiger partial charge in [-0.05, 0) is 65.4 Å². The molecular formula is C28H27Cl2N3O4. The van der Waals surface area contributed by atoms with Crippen molar-refractivity contribution >= 4 is 47.4 Å². The van der Waals surface area contributed by atoms with Crippen molar-refractivity contribution in [2.75, 3.05) is 29.9 Å². The predicted octanol–water partition coefficient (Wildman–Crippen LogP) is 5.38. The van der Waals surface area contributed by atoms with Crippen LogP contribution in [0.5, 0.6) is 0 Å². The molecule has 7 nitrogen and oxygen atoms in total. The van der Waals surface area contributed by atoms with Crippen LogP contribution in [0, 0.1) is 0 Å². The van der Waals surface area contributed by atoms with Gasteiger partial charge >= 0.3 is 6.09 Å². The molecule has 1 unspecified atom stereocenters. The first-order valence-electron chi connectivity index (χ1n) is 12.2. The van der Waals surface area contributed by atoms with Crippen LogP contribution in [0.4, 0.5) is 16.2 Å². The average Bonchev–Trinajstić information content (AvgIpc) is 3.16. The molecule has 0 saturated carbocycles. The van der Waals surface area contributed by atoms with E-state index < -0.39 is 6.10 Å². The van der Waals surface area contributed by atoms with E-state index in [0.29, 0.717) is 23.8 Å². The van der Waals surface area contributed by atoms with Gasteiger partial charge in [0.15, 0.2) is 0 Å². The molecule has 0 bridgehead atoms. The van der Waals surface area contributed by atoms with Crippen LogP contribution in [0.1, 0.15) is 35.6 Å². The maximum atomic E-state index is 12.8. The molecule has 1 atom stereocenters. The van der Waals surface area contributed by atoms with Crippen LogP contribution < -0.4 is 10.2 Å². The second kappa shape index (κ2) is 10.3. The molecule has 2 heterocycles. The summed E-state index contributed by atoms with van der Waals surface area (Å²) < 4.78 is 5.38. The second-order valence-electron chi connectivity index (χ2n) is 9.54. The normalized spacial score (nSPS) is 18.8. The summed E-state index contributed by atoms with van der Waals surface area (Å²) in [6, 6.07) is 19.0. The van der Waals surface area contributed by atoms with Gasteiger partial charge in [-0.1, -0.05) is 41.9 Å². The summed E-state index contributed by atoms with van der Waals surface area (Å²) in [7, 11) is 0. The van der Waals surface area contributed by atoms with Crippen LogP contribution in [0.2, 0.25) is 5.02 Å². The van der Waals surface area contributed by atoms with Gasteiger partial charge < -0.3 is 15.2 Å². The summed E-state index contributed by atoms with van der Waals surface area (Å²) in [5.74, 6) is -0.101. The number of fused-ring (bicyclic) bond motifs is 4. The third-order valence-electron chi connectivity index (χ3n) is 7.31. The zero-order valence-corrected chi connectivity index (χ0v) is 21.6. The first-order valence-corrected chi connectivity index (χ1v) is 12.5. The van der Waals surface area contributed by atoms with Crippen LogP contribution in [0.15, 0.2) is 60.7 Å². The van der Waals surface area contributed by atoms with E-state index in [1.54, 1.807) is 11.0 Å². The third-order valence-corrected chi connectivity index (χ3v) is 7.55. The highest BCUT2D eigenvalue weighted by molar-refractivity contribution is 6.30. The number of ether oxygens (including phenoxy) is 1. The highest BCUT2D eigenvalue weighted by Gasteiger charge is 2.34. The van der Waals surface area contributed by atoms with Crippen molar-refractivity contribution in [3.05, 3.63) is 82.4 Å². The first kappa shape index (κ1) is 25.5. The van der Waals surface area contributed by atoms with Crippen LogP contribution in [-0.2, 0) is 16.1 Å². The topological polar surface area (TPSA) is 82.1 Å². The molecule has 9 heteroatoms. The number of nitrogens with one attached hydrogen (secondary N) is 1. The Morgan fingerprint density at radius 1 is 1.03 bits per heavy atom. The molecule has 1 saturated heterocycles. The van der Waals surface area contributed by atoms with Gasteiger partial charge in [-0.2, -0.15) is 0 Å². The number of rotatable bonds is 4. The molecule has 3 aromatic rings. The van der Waals surface area contributed by atoms with E-state index in [-0.39, 0.29) is 43.6 Å². The minimum atomic E-state index is -0.685. The summed E-state index contributed by atoms with van der Waals surface area (Å²) in [4.78, 5) is 29.2. The fourth-order valence-corrected chi connectivity index (χ4v) is 5.75. The lowest BCUT2D eigenvalue weighted by molar-refractivity contribution is -0.117. The molecule has 2 amide bonds. The largest absolute Gasteiger partial charge is 0.444 e. The second-order valence-corrected chi connectivity index (χ2v) is 9.98. The van der Waals surface area contributed by atoms with Gasteiger partial charge in [0.2, 0.25) is 5.91 Å². The van der Waals surface area contributed by atoms with Crippen molar-refractivity contribution in [2.24, 2.45) is 0 Å². The Hall–Kier alpha value is -3.10. The van der Waals surface area contributed by atoms with E-state index in [1.807, 2.05) is 54.6 Å². The third kappa shape index (κ3) is 4.80. The van der Waals surface area contributed by atoms with Gasteiger partial charge in [-0.25, -0.2) is 4.79 Å². The van der Waals surface area contributed by atoms with Crippen LogP contribution in [0.3, 0.4) is 0 Å². The van der Waals surface area contributed by atoms with Crippen molar-refractivity contribution in [1.82, 2.24) is 4.90 Å². The first-order chi connectivity index (χ1) is 17.5. The van der Waals surface area contributed by atoms with Crippen molar-refractivity contribution < 1.29 is 19.4 Å². The fraction of sp³-hybridized carbons (Fsp3) is 0.286. The molecular weight excluding hydrogens is 513 g/mol. The van der Waals surface area contributed by atoms with E-state index >= 15 is 0 Å². The Balaban J connectivity index is 0.00000280. The monoisotopic (exact) mass is 539 g/mol. The summed E-state index contributed by atoms with van der Waals surface area (Å²) in [5.41, 5.74) is 6.17. The number of likely N-dealkylation sites (tertiary alicyclic amines) is 1. The highest BCUT2D eigenvalue weighted by atomic mass is 35.5. The smallest absolute Gasteiger partial charge is 0.414 e. The SMILES string of the molecule is Cl.O=C(CN1CCC(N2C(=O)OCc3cc(Cl)ccc32)CC1)Nc1ccc2c(c1)C(O)c1ccccc1-2. The number of halogens is 2. The number of carbonyl (C=O) groups excluding carboxylic acids is 2. The van der Waals surface area contributed by atoms with Gasteiger partial charge in [0, 0.05) is 35.4 Å². The molecule has 37 heavy (non-hydrogen) atoms. The Labute approximate surface area is 226 Å². The molecule has 1 fully saturated rings. The predicted molar refractivity (Wildman–Crippen MR) is 145 cm³/mol. The lowest BCUT2D eigenvalue weighted by Crippen LogP contribution is -2.50. The summed E-state index contributed by atoms with van der Waals surface area (Å²) in [6.07, 6.45) is 0.471. The molecule has 3 aliphatic rings. The van der Waals surface area contributed by atoms with E-state index in [1.165, 1.54) is 0 Å². The van der Waals surface area contributed by atoms with Crippen molar-refractivity contribution in [3.63, 3.8) is 0 Å². The van der Waals surface area contributed by atoms with Crippen molar-refractivity contribution in [1.29, 1.82) is 0 Å². The Kier molecular flexibility index (Phi) is 7.14. The fourth-order valence-electron chi connectivity index (χ4n) is 5.56. The van der Waals surface area contributed by atoms with E-state index in [4.69, 9.17) is 16.3 Å². The Morgan fingerprint density at radius 2 is 1.78 bits per heavy atom. The van der Waals surface area contributed by atoms with Gasteiger partial charge in [-0.3, -0.25) is 14.6 Å². The number of aliphatic hydroxyl groups excluding tert-OH is 1. The Bertz CT molecular complexity index is 1360. The number of aliphatic hydroxyl groups is 1. The highest BCUT2D eigenvalue weighted by Crippen LogP contribution is 2.44. The number of carbonyl (C=O) groups is 2. The number of amides is 2. The summed E-state index contributed by atoms with van der Waals surface area (Å²) >= 11 is 6.11. The molecule has 2 N–H and O–H groups in total. The van der Waals surface area contributed by atoms with Gasteiger partial charge in [0.25, 0.3) is 0 Å². The molecule has 0 radical (unpaired) electrons. The molecule has 3 aromatic carbocycles. The van der Waals surface area contributed by atoms with Gasteiger partial charge in [-0.15, -0.1) is 12.4 Å². The zero-order valence-electron chi connectivity index (χ0n) is 20.0. The quantitative estimate of drug-likeness (QED) is 0.464. The van der Waals surface area contributed by atoms with Crippen molar-refractivity contribution in [2.45, 2.75) is 31.6 Å². The molecule has 192 valence electrons. The van der Waals surface area contributed by atoms with Gasteiger partial charge in [0.1, 0.15) is 12.7 Å². The van der Waals surface area contributed by atoms with E-state index in [9.17, 15) is 14.7 Å². The number of anilines is 2. The van der Waals surface area contributed by atoms with Crippen LogP contribution in [0.25, 0.3) is 11.1 Å². The Morgan fingerprint density at radius 3 is 2.59 bits per heavy atom. The number of hydrogen-bond donors (Lipinski definition) is 2. The average molecular weight is 540 g/mol. The minimum absolute atomic E-state index is 0. The molecule has 2 aliphatic heterocycles. The minimum Gasteiger partial charge on any atom is -0.444 e. The molecule has 0 aromatic heterocycles. The van der Waals surface area contributed by atoms with E-state index in [0.717, 1.165) is 46.3 Å². The number of benzene rings is 3. The van der Waals surface area contributed by atoms with Crippen LogP contribution in [-0.4, -0.2) is 47.7 Å². The molecule has 6 rings (SSSR count). The zero-order chi connectivity index (χ0) is 24.8. The summed E-state index contributed by atoms with van der Waals surface area (Å²) in [6.45, 7) is 1.89. The maximum absolute atomic E-state index is 12.8. The van der Waals surface area contributed by atoms with Crippen LogP contribution >= 0.6 is 24.0 Å². The molecule has 0 spiro atoms. The number of cyclic esters (lactones) is 1. The molecule has 1 aliphatic carbocycles. The van der Waals surface area contributed by atoms with E-state index in [2.05, 4.69) is 10.2 Å². The van der Waals surface area contributed by atoms with Gasteiger partial charge in [0.05, 0.1) is 12.2 Å².